The summed E-state index contributed by atoms with van der Waals surface area (Å²) in [6.45, 7) is 1.58. The fraction of sp³-hybridized carbons (Fsp3) is 0.286. The standard InChI is InChI=1S/C21H20Cl2N2O2S/c1-26-16-7-4-14(5-8-16)20-13-28-21(25(20)12-17-3-2-10-27-17)24-19-9-6-15(22)11-18(19)23/h4-9,11,13,17H,2-3,10,12H2,1H3. The molecule has 7 heteroatoms. The molecule has 1 aromatic heterocycles. The van der Waals surface area contributed by atoms with E-state index < -0.39 is 0 Å². The molecule has 1 atom stereocenters. The molecule has 2 heterocycles. The summed E-state index contributed by atoms with van der Waals surface area (Å²) in [5, 5.41) is 3.26. The van der Waals surface area contributed by atoms with Crippen LogP contribution in [0.25, 0.3) is 11.3 Å². The van der Waals surface area contributed by atoms with Crippen LogP contribution in [-0.4, -0.2) is 24.4 Å². The number of halogens is 2. The lowest BCUT2D eigenvalue weighted by atomic mass is 10.1. The number of methoxy groups -OCH3 is 1. The van der Waals surface area contributed by atoms with Gasteiger partial charge in [0.2, 0.25) is 0 Å². The van der Waals surface area contributed by atoms with Gasteiger partial charge in [-0.3, -0.25) is 0 Å². The van der Waals surface area contributed by atoms with E-state index in [4.69, 9.17) is 37.7 Å². The van der Waals surface area contributed by atoms with Crippen LogP contribution in [0.4, 0.5) is 5.69 Å². The van der Waals surface area contributed by atoms with Crippen molar-refractivity contribution in [1.82, 2.24) is 4.57 Å². The molecule has 1 aliphatic rings. The van der Waals surface area contributed by atoms with Crippen LogP contribution in [0.1, 0.15) is 12.8 Å². The summed E-state index contributed by atoms with van der Waals surface area (Å²) >= 11 is 13.9. The van der Waals surface area contributed by atoms with Gasteiger partial charge in [0, 0.05) is 17.0 Å². The zero-order valence-corrected chi connectivity index (χ0v) is 17.7. The van der Waals surface area contributed by atoms with Gasteiger partial charge in [0.1, 0.15) is 5.75 Å². The molecule has 2 aromatic carbocycles. The molecule has 0 saturated carbocycles. The molecule has 3 aromatic rings. The third-order valence-electron chi connectivity index (χ3n) is 4.72. The molecule has 4 rings (SSSR count). The maximum atomic E-state index is 6.34. The van der Waals surface area contributed by atoms with Gasteiger partial charge < -0.3 is 14.0 Å². The van der Waals surface area contributed by atoms with E-state index in [1.54, 1.807) is 30.6 Å². The highest BCUT2D eigenvalue weighted by Crippen LogP contribution is 2.29. The van der Waals surface area contributed by atoms with Crippen molar-refractivity contribution in [3.63, 3.8) is 0 Å². The quantitative estimate of drug-likeness (QED) is 0.497. The van der Waals surface area contributed by atoms with Gasteiger partial charge in [-0.15, -0.1) is 11.3 Å². The summed E-state index contributed by atoms with van der Waals surface area (Å²) in [6.07, 6.45) is 2.36. The number of nitrogens with zero attached hydrogens (tertiary/aromatic N) is 2. The molecule has 0 spiro atoms. The first kappa shape index (κ1) is 19.5. The summed E-state index contributed by atoms with van der Waals surface area (Å²) in [4.78, 5) is 5.69. The molecule has 1 aliphatic heterocycles. The lowest BCUT2D eigenvalue weighted by Crippen LogP contribution is -2.24. The predicted octanol–water partition coefficient (Wildman–Crippen LogP) is 5.94. The molecule has 0 radical (unpaired) electrons. The fourth-order valence-corrected chi connectivity index (χ4v) is 4.64. The van der Waals surface area contributed by atoms with Gasteiger partial charge in [0.25, 0.3) is 0 Å². The van der Waals surface area contributed by atoms with E-state index >= 15 is 0 Å². The number of thiazole rings is 1. The van der Waals surface area contributed by atoms with Gasteiger partial charge in [0.05, 0.1) is 36.2 Å². The molecule has 1 unspecified atom stereocenters. The van der Waals surface area contributed by atoms with Crippen LogP contribution >= 0.6 is 34.5 Å². The number of benzene rings is 2. The maximum absolute atomic E-state index is 6.34. The molecule has 146 valence electrons. The molecule has 1 fully saturated rings. The van der Waals surface area contributed by atoms with Gasteiger partial charge in [0.15, 0.2) is 4.80 Å². The highest BCUT2D eigenvalue weighted by atomic mass is 35.5. The Kier molecular flexibility index (Phi) is 6.07. The lowest BCUT2D eigenvalue weighted by molar-refractivity contribution is 0.0968. The predicted molar refractivity (Wildman–Crippen MR) is 115 cm³/mol. The molecule has 0 amide bonds. The van der Waals surface area contributed by atoms with Crippen molar-refractivity contribution in [2.24, 2.45) is 4.99 Å². The molecule has 0 bridgehead atoms. The minimum Gasteiger partial charge on any atom is -0.497 e. The van der Waals surface area contributed by atoms with E-state index in [0.717, 1.165) is 47.8 Å². The fourth-order valence-electron chi connectivity index (χ4n) is 3.25. The molecular formula is C21H20Cl2N2O2S. The summed E-state index contributed by atoms with van der Waals surface area (Å²) < 4.78 is 13.4. The van der Waals surface area contributed by atoms with E-state index in [1.807, 2.05) is 18.2 Å². The average molecular weight is 435 g/mol. The van der Waals surface area contributed by atoms with Crippen LogP contribution in [0, 0.1) is 0 Å². The highest BCUT2D eigenvalue weighted by molar-refractivity contribution is 7.07. The Bertz CT molecular complexity index is 1020. The first-order chi connectivity index (χ1) is 13.6. The maximum Gasteiger partial charge on any atom is 0.190 e. The zero-order valence-electron chi connectivity index (χ0n) is 15.4. The molecule has 4 nitrogen and oxygen atoms in total. The Balaban J connectivity index is 1.79. The minimum absolute atomic E-state index is 0.200. The monoisotopic (exact) mass is 434 g/mol. The van der Waals surface area contributed by atoms with Gasteiger partial charge in [-0.2, -0.15) is 0 Å². The topological polar surface area (TPSA) is 35.8 Å². The normalized spacial score (nSPS) is 17.2. The van der Waals surface area contributed by atoms with Gasteiger partial charge in [-0.1, -0.05) is 23.2 Å². The van der Waals surface area contributed by atoms with Crippen LogP contribution < -0.4 is 9.54 Å². The Morgan fingerprint density at radius 2 is 2.04 bits per heavy atom. The van der Waals surface area contributed by atoms with Crippen molar-refractivity contribution in [3.05, 3.63) is 62.7 Å². The van der Waals surface area contributed by atoms with Crippen LogP contribution in [0.5, 0.6) is 5.75 Å². The third-order valence-corrected chi connectivity index (χ3v) is 6.12. The number of rotatable bonds is 5. The highest BCUT2D eigenvalue weighted by Gasteiger charge is 2.19. The van der Waals surface area contributed by atoms with Crippen molar-refractivity contribution in [3.8, 4) is 17.0 Å². The number of hydrogen-bond donors (Lipinski definition) is 0. The Labute approximate surface area is 178 Å². The van der Waals surface area contributed by atoms with E-state index in [1.165, 1.54) is 0 Å². The van der Waals surface area contributed by atoms with Crippen molar-refractivity contribution in [2.45, 2.75) is 25.5 Å². The average Bonchev–Trinajstić information content (AvgIpc) is 3.35. The number of ether oxygens (including phenoxy) is 2. The lowest BCUT2D eigenvalue weighted by Gasteiger charge is -2.14. The summed E-state index contributed by atoms with van der Waals surface area (Å²) in [7, 11) is 1.67. The van der Waals surface area contributed by atoms with Gasteiger partial charge in [-0.25, -0.2) is 4.99 Å². The first-order valence-electron chi connectivity index (χ1n) is 9.08. The smallest absolute Gasteiger partial charge is 0.190 e. The Hall–Kier alpha value is -1.79. The summed E-state index contributed by atoms with van der Waals surface area (Å²) in [5.41, 5.74) is 2.92. The number of aromatic nitrogens is 1. The number of hydrogen-bond acceptors (Lipinski definition) is 4. The van der Waals surface area contributed by atoms with Crippen molar-refractivity contribution in [1.29, 1.82) is 0 Å². The van der Waals surface area contributed by atoms with E-state index in [-0.39, 0.29) is 6.10 Å². The van der Waals surface area contributed by atoms with E-state index in [9.17, 15) is 0 Å². The van der Waals surface area contributed by atoms with Crippen LogP contribution in [0.15, 0.2) is 52.8 Å². The second-order valence-electron chi connectivity index (χ2n) is 6.59. The Morgan fingerprint density at radius 3 is 2.71 bits per heavy atom. The molecule has 28 heavy (non-hydrogen) atoms. The van der Waals surface area contributed by atoms with Crippen molar-refractivity contribution >= 4 is 40.2 Å². The van der Waals surface area contributed by atoms with E-state index in [0.29, 0.717) is 15.7 Å². The molecule has 0 N–H and O–H groups in total. The SMILES string of the molecule is COc1ccc(-c2csc(=Nc3ccc(Cl)cc3Cl)n2CC2CCCO2)cc1. The summed E-state index contributed by atoms with van der Waals surface area (Å²) in [6, 6.07) is 13.4. The largest absolute Gasteiger partial charge is 0.497 e. The molecule has 1 saturated heterocycles. The zero-order chi connectivity index (χ0) is 19.5. The first-order valence-corrected chi connectivity index (χ1v) is 10.7. The van der Waals surface area contributed by atoms with E-state index in [2.05, 4.69) is 22.1 Å². The third kappa shape index (κ3) is 4.28. The van der Waals surface area contributed by atoms with Gasteiger partial charge >= 0.3 is 0 Å². The van der Waals surface area contributed by atoms with Gasteiger partial charge in [-0.05, 0) is 60.9 Å². The molecular weight excluding hydrogens is 415 g/mol. The molecule has 0 aliphatic carbocycles. The van der Waals surface area contributed by atoms with Crippen molar-refractivity contribution in [2.75, 3.05) is 13.7 Å². The Morgan fingerprint density at radius 1 is 1.21 bits per heavy atom. The van der Waals surface area contributed by atoms with Crippen LogP contribution in [0.3, 0.4) is 0 Å². The minimum atomic E-state index is 0.200. The van der Waals surface area contributed by atoms with Crippen molar-refractivity contribution < 1.29 is 9.47 Å². The van der Waals surface area contributed by atoms with Crippen LogP contribution in [0.2, 0.25) is 10.0 Å². The second kappa shape index (κ2) is 8.70. The van der Waals surface area contributed by atoms with Crippen LogP contribution in [-0.2, 0) is 11.3 Å². The summed E-state index contributed by atoms with van der Waals surface area (Å²) in [5.74, 6) is 0.836. The second-order valence-corrected chi connectivity index (χ2v) is 8.27.